The summed E-state index contributed by atoms with van der Waals surface area (Å²) in [6.07, 6.45) is 6.81. The summed E-state index contributed by atoms with van der Waals surface area (Å²) in [6.45, 7) is 3.51. The van der Waals surface area contributed by atoms with E-state index in [1.165, 1.54) is 4.80 Å². The molecule has 0 unspecified atom stereocenters. The molecule has 0 spiro atoms. The molecule has 8 nitrogen and oxygen atoms in total. The van der Waals surface area contributed by atoms with Crippen molar-refractivity contribution in [2.75, 3.05) is 13.1 Å². The molecule has 0 atom stereocenters. The second-order valence-corrected chi connectivity index (χ2v) is 6.51. The van der Waals surface area contributed by atoms with Gasteiger partial charge in [-0.3, -0.25) is 14.6 Å². The number of hydrogen-bond donors (Lipinski definition) is 0. The van der Waals surface area contributed by atoms with E-state index in [1.807, 2.05) is 19.1 Å². The predicted octanol–water partition coefficient (Wildman–Crippen LogP) is 0.386. The summed E-state index contributed by atoms with van der Waals surface area (Å²) < 4.78 is 0. The lowest BCUT2D eigenvalue weighted by Crippen LogP contribution is -2.57. The van der Waals surface area contributed by atoms with Gasteiger partial charge in [0.15, 0.2) is 0 Å². The summed E-state index contributed by atoms with van der Waals surface area (Å²) >= 11 is 0. The van der Waals surface area contributed by atoms with Gasteiger partial charge in [0.25, 0.3) is 0 Å². The van der Waals surface area contributed by atoms with Crippen LogP contribution in [-0.4, -0.2) is 60.2 Å². The highest BCUT2D eigenvalue weighted by atomic mass is 16.2. The molecule has 2 aliphatic rings. The van der Waals surface area contributed by atoms with Gasteiger partial charge in [-0.15, -0.1) is 0 Å². The predicted molar refractivity (Wildman–Crippen MR) is 83.9 cm³/mol. The van der Waals surface area contributed by atoms with Crippen molar-refractivity contribution in [2.24, 2.45) is 0 Å². The van der Waals surface area contributed by atoms with Gasteiger partial charge < -0.3 is 9.80 Å². The second-order valence-electron chi connectivity index (χ2n) is 6.51. The molecule has 2 aromatic rings. The van der Waals surface area contributed by atoms with Crippen molar-refractivity contribution in [1.82, 2.24) is 29.8 Å². The molecule has 1 aliphatic carbocycles. The number of aromatic nitrogens is 4. The topological polar surface area (TPSA) is 84.2 Å². The fraction of sp³-hybridized carbons (Fsp3) is 0.438. The third-order valence-electron chi connectivity index (χ3n) is 4.75. The molecule has 1 aliphatic heterocycles. The van der Waals surface area contributed by atoms with E-state index in [9.17, 15) is 9.59 Å². The Kier molecular flexibility index (Phi) is 3.33. The number of amides is 2. The molecule has 8 heteroatoms. The highest BCUT2D eigenvalue weighted by molar-refractivity contribution is 6.35. The third-order valence-corrected chi connectivity index (χ3v) is 4.75. The minimum Gasteiger partial charge on any atom is -0.327 e. The number of hydrogen-bond acceptors (Lipinski definition) is 5. The number of piperazine rings is 1. The van der Waals surface area contributed by atoms with Crippen LogP contribution in [0.4, 0.5) is 0 Å². The quantitative estimate of drug-likeness (QED) is 0.759. The van der Waals surface area contributed by atoms with Crippen molar-refractivity contribution >= 4 is 11.8 Å². The van der Waals surface area contributed by atoms with Crippen molar-refractivity contribution in [1.29, 1.82) is 0 Å². The van der Waals surface area contributed by atoms with Gasteiger partial charge in [-0.2, -0.15) is 15.0 Å². The maximum absolute atomic E-state index is 12.4. The zero-order valence-corrected chi connectivity index (χ0v) is 13.4. The first-order chi connectivity index (χ1) is 11.6. The van der Waals surface area contributed by atoms with Crippen LogP contribution in [0, 0.1) is 0 Å². The Bertz CT molecular complexity index is 766. The number of rotatable bonds is 4. The molecule has 2 fully saturated rings. The molecule has 3 heterocycles. The van der Waals surface area contributed by atoms with Crippen molar-refractivity contribution in [2.45, 2.75) is 31.8 Å². The summed E-state index contributed by atoms with van der Waals surface area (Å²) in [7, 11) is 0. The summed E-state index contributed by atoms with van der Waals surface area (Å²) in [6, 6.07) is 3.67. The Labute approximate surface area is 139 Å². The van der Waals surface area contributed by atoms with Gasteiger partial charge in [0.2, 0.25) is 0 Å². The molecule has 0 bridgehead atoms. The minimum atomic E-state index is -0.436. The minimum absolute atomic E-state index is 0.102. The standard InChI is InChI=1S/C16H18N6O2/c1-16(4-5-16)21-9-8-20(14(23)15(21)24)11-12-2-3-13(10-17-12)22-18-6-7-19-22/h2-3,6-7,10H,4-5,8-9,11H2,1H3. The molecule has 0 N–H and O–H groups in total. The van der Waals surface area contributed by atoms with Crippen LogP contribution in [0.15, 0.2) is 30.7 Å². The molecule has 1 saturated carbocycles. The molecule has 1 saturated heterocycles. The largest absolute Gasteiger partial charge is 0.327 e. The normalized spacial score (nSPS) is 19.7. The van der Waals surface area contributed by atoms with Gasteiger partial charge in [0.05, 0.1) is 30.8 Å². The maximum Gasteiger partial charge on any atom is 0.312 e. The zero-order valence-electron chi connectivity index (χ0n) is 13.4. The van der Waals surface area contributed by atoms with Crippen LogP contribution in [0.25, 0.3) is 5.69 Å². The lowest BCUT2D eigenvalue weighted by Gasteiger charge is -2.37. The molecule has 24 heavy (non-hydrogen) atoms. The monoisotopic (exact) mass is 326 g/mol. The van der Waals surface area contributed by atoms with Crippen LogP contribution < -0.4 is 0 Å². The van der Waals surface area contributed by atoms with E-state index in [1.54, 1.807) is 28.4 Å². The number of carbonyl (C=O) groups excluding carboxylic acids is 2. The van der Waals surface area contributed by atoms with E-state index < -0.39 is 11.8 Å². The molecular weight excluding hydrogens is 308 g/mol. The van der Waals surface area contributed by atoms with Crippen molar-refractivity contribution in [3.8, 4) is 5.69 Å². The molecule has 2 amide bonds. The Morgan fingerprint density at radius 3 is 2.46 bits per heavy atom. The Morgan fingerprint density at radius 1 is 1.08 bits per heavy atom. The Balaban J connectivity index is 1.44. The van der Waals surface area contributed by atoms with E-state index in [0.717, 1.165) is 24.2 Å². The van der Waals surface area contributed by atoms with Gasteiger partial charge in [-0.25, -0.2) is 0 Å². The van der Waals surface area contributed by atoms with Crippen molar-refractivity contribution in [3.05, 3.63) is 36.4 Å². The number of nitrogens with zero attached hydrogens (tertiary/aromatic N) is 6. The van der Waals surface area contributed by atoms with Crippen LogP contribution in [0.5, 0.6) is 0 Å². The highest BCUT2D eigenvalue weighted by Crippen LogP contribution is 2.41. The zero-order chi connectivity index (χ0) is 16.7. The summed E-state index contributed by atoms with van der Waals surface area (Å²) in [5.74, 6) is -0.826. The average Bonchev–Trinajstić information content (AvgIpc) is 3.11. The van der Waals surface area contributed by atoms with E-state index in [-0.39, 0.29) is 5.54 Å². The molecular formula is C16H18N6O2. The molecule has 0 aromatic carbocycles. The van der Waals surface area contributed by atoms with Crippen molar-refractivity contribution in [3.63, 3.8) is 0 Å². The van der Waals surface area contributed by atoms with Crippen LogP contribution in [0.3, 0.4) is 0 Å². The SMILES string of the molecule is CC1(N2CCN(Cc3ccc(-n4nccn4)cn3)C(=O)C2=O)CC1. The van der Waals surface area contributed by atoms with Crippen molar-refractivity contribution < 1.29 is 9.59 Å². The van der Waals surface area contributed by atoms with Gasteiger partial charge in [-0.1, -0.05) is 0 Å². The number of carbonyl (C=O) groups is 2. The molecule has 4 rings (SSSR count). The molecule has 0 radical (unpaired) electrons. The van der Waals surface area contributed by atoms with E-state index in [2.05, 4.69) is 15.2 Å². The number of pyridine rings is 1. The Morgan fingerprint density at radius 2 is 1.83 bits per heavy atom. The molecule has 2 aromatic heterocycles. The van der Waals surface area contributed by atoms with Gasteiger partial charge in [0.1, 0.15) is 5.69 Å². The van der Waals surface area contributed by atoms with E-state index in [0.29, 0.717) is 19.6 Å². The van der Waals surface area contributed by atoms with E-state index in [4.69, 9.17) is 0 Å². The van der Waals surface area contributed by atoms with E-state index >= 15 is 0 Å². The summed E-state index contributed by atoms with van der Waals surface area (Å²) in [5.41, 5.74) is 1.38. The van der Waals surface area contributed by atoms with Gasteiger partial charge in [0, 0.05) is 18.6 Å². The fourth-order valence-electron chi connectivity index (χ4n) is 2.96. The average molecular weight is 326 g/mol. The first-order valence-electron chi connectivity index (χ1n) is 7.99. The third kappa shape index (κ3) is 2.53. The first-order valence-corrected chi connectivity index (χ1v) is 7.99. The van der Waals surface area contributed by atoms with Gasteiger partial charge >= 0.3 is 11.8 Å². The summed E-state index contributed by atoms with van der Waals surface area (Å²) in [4.78, 5) is 33.8. The van der Waals surface area contributed by atoms with Crippen LogP contribution >= 0.6 is 0 Å². The highest BCUT2D eigenvalue weighted by Gasteiger charge is 2.49. The fourth-order valence-corrected chi connectivity index (χ4v) is 2.96. The van der Waals surface area contributed by atoms with Crippen LogP contribution in [0.2, 0.25) is 0 Å². The second kappa shape index (κ2) is 5.40. The lowest BCUT2D eigenvalue weighted by molar-refractivity contribution is -0.158. The van der Waals surface area contributed by atoms with Gasteiger partial charge in [-0.05, 0) is 31.9 Å². The van der Waals surface area contributed by atoms with Crippen LogP contribution in [0.1, 0.15) is 25.5 Å². The summed E-state index contributed by atoms with van der Waals surface area (Å²) in [5, 5.41) is 8.08. The lowest BCUT2D eigenvalue weighted by atomic mass is 10.2. The maximum atomic E-state index is 12.4. The smallest absolute Gasteiger partial charge is 0.312 e. The first kappa shape index (κ1) is 14.8. The molecule has 124 valence electrons. The van der Waals surface area contributed by atoms with Crippen LogP contribution in [-0.2, 0) is 16.1 Å². The Hall–Kier alpha value is -2.77.